The van der Waals surface area contributed by atoms with Crippen LogP contribution in [0.25, 0.3) is 0 Å². The Balaban J connectivity index is 2.11. The topological polar surface area (TPSA) is 12.9 Å². The second-order valence-corrected chi connectivity index (χ2v) is 3.67. The Morgan fingerprint density at radius 2 is 2.29 bits per heavy atom. The number of allylic oxidation sites excluding steroid dienone is 2. The summed E-state index contributed by atoms with van der Waals surface area (Å²) in [5.74, 6) is 6.95. The van der Waals surface area contributed by atoms with Gasteiger partial charge >= 0.3 is 0 Å². The molecule has 1 nitrogen and oxygen atoms in total. The molecule has 0 aliphatic heterocycles. The van der Waals surface area contributed by atoms with E-state index in [1.807, 2.05) is 18.2 Å². The molecule has 0 saturated carbocycles. The fraction of sp³-hybridized carbons (Fsp3) is 0.308. The van der Waals surface area contributed by atoms with Gasteiger partial charge in [0, 0.05) is 6.20 Å². The van der Waals surface area contributed by atoms with Crippen LogP contribution in [0.2, 0.25) is 0 Å². The number of pyridine rings is 1. The molecule has 0 N–H and O–H groups in total. The first-order valence-electron chi connectivity index (χ1n) is 4.98. The Morgan fingerprint density at radius 1 is 1.36 bits per heavy atom. The number of aromatic nitrogens is 1. The molecular weight excluding hydrogens is 170 g/mol. The van der Waals surface area contributed by atoms with Crippen LogP contribution < -0.4 is 0 Å². The standard InChI is InChI=1S/C13H13N/c1-11-5-6-12(10-11)7-8-13-4-2-3-9-14-13/h2-4,9-11H,5-6H2,1H3/t11-/m0/s1. The van der Waals surface area contributed by atoms with Gasteiger partial charge < -0.3 is 0 Å². The number of hydrogen-bond donors (Lipinski definition) is 0. The van der Waals surface area contributed by atoms with Gasteiger partial charge in [0.05, 0.1) is 0 Å². The molecule has 1 aliphatic rings. The third-order valence-corrected chi connectivity index (χ3v) is 2.37. The van der Waals surface area contributed by atoms with Crippen molar-refractivity contribution in [3.05, 3.63) is 41.7 Å². The predicted octanol–water partition coefficient (Wildman–Crippen LogP) is 2.79. The van der Waals surface area contributed by atoms with E-state index in [2.05, 4.69) is 29.8 Å². The minimum atomic E-state index is 0.697. The van der Waals surface area contributed by atoms with E-state index in [9.17, 15) is 0 Å². The highest BCUT2D eigenvalue weighted by Crippen LogP contribution is 2.22. The van der Waals surface area contributed by atoms with Crippen molar-refractivity contribution in [3.63, 3.8) is 0 Å². The molecule has 1 aromatic heterocycles. The zero-order valence-corrected chi connectivity index (χ0v) is 8.33. The number of hydrogen-bond acceptors (Lipinski definition) is 1. The minimum Gasteiger partial charge on any atom is -0.248 e. The Hall–Kier alpha value is -1.55. The summed E-state index contributed by atoms with van der Waals surface area (Å²) >= 11 is 0. The Labute approximate surface area is 84.9 Å². The SMILES string of the molecule is C[C@@H]1C=C(C#Cc2ccccn2)CC1. The van der Waals surface area contributed by atoms with Gasteiger partial charge in [-0.1, -0.05) is 25.0 Å². The summed E-state index contributed by atoms with van der Waals surface area (Å²) in [7, 11) is 0. The summed E-state index contributed by atoms with van der Waals surface area (Å²) in [4.78, 5) is 4.16. The quantitative estimate of drug-likeness (QED) is 0.563. The maximum Gasteiger partial charge on any atom is 0.113 e. The highest BCUT2D eigenvalue weighted by atomic mass is 14.6. The molecule has 1 aliphatic carbocycles. The zero-order valence-electron chi connectivity index (χ0n) is 8.33. The molecule has 1 aromatic rings. The van der Waals surface area contributed by atoms with Gasteiger partial charge in [0.25, 0.3) is 0 Å². The molecule has 1 heteroatoms. The van der Waals surface area contributed by atoms with Gasteiger partial charge in [-0.25, -0.2) is 4.98 Å². The van der Waals surface area contributed by atoms with Gasteiger partial charge in [-0.2, -0.15) is 0 Å². The van der Waals surface area contributed by atoms with Crippen molar-refractivity contribution >= 4 is 0 Å². The van der Waals surface area contributed by atoms with Crippen LogP contribution in [0.4, 0.5) is 0 Å². The van der Waals surface area contributed by atoms with Crippen molar-refractivity contribution in [3.8, 4) is 11.8 Å². The third kappa shape index (κ3) is 2.23. The summed E-state index contributed by atoms with van der Waals surface area (Å²) < 4.78 is 0. The van der Waals surface area contributed by atoms with Gasteiger partial charge in [-0.3, -0.25) is 0 Å². The van der Waals surface area contributed by atoms with E-state index in [0.717, 1.165) is 12.1 Å². The molecule has 2 rings (SSSR count). The first-order chi connectivity index (χ1) is 6.84. The highest BCUT2D eigenvalue weighted by Gasteiger charge is 2.08. The normalized spacial score (nSPS) is 19.8. The van der Waals surface area contributed by atoms with E-state index in [-0.39, 0.29) is 0 Å². The van der Waals surface area contributed by atoms with Crippen LogP contribution in [0, 0.1) is 17.8 Å². The third-order valence-electron chi connectivity index (χ3n) is 2.37. The molecule has 0 unspecified atom stereocenters. The second-order valence-electron chi connectivity index (χ2n) is 3.67. The Kier molecular flexibility index (Phi) is 2.65. The Bertz CT molecular complexity index is 392. The van der Waals surface area contributed by atoms with E-state index in [1.54, 1.807) is 6.20 Å². The van der Waals surface area contributed by atoms with E-state index >= 15 is 0 Å². The van der Waals surface area contributed by atoms with Gasteiger partial charge in [0.2, 0.25) is 0 Å². The van der Waals surface area contributed by atoms with Crippen LogP contribution >= 0.6 is 0 Å². The zero-order chi connectivity index (χ0) is 9.80. The van der Waals surface area contributed by atoms with Crippen LogP contribution in [0.15, 0.2) is 36.0 Å². The Morgan fingerprint density at radius 3 is 2.93 bits per heavy atom. The maximum absolute atomic E-state index is 4.16. The average molecular weight is 183 g/mol. The van der Waals surface area contributed by atoms with Crippen LogP contribution in [0.3, 0.4) is 0 Å². The van der Waals surface area contributed by atoms with Crippen molar-refractivity contribution in [2.75, 3.05) is 0 Å². The van der Waals surface area contributed by atoms with Crippen LogP contribution in [0.1, 0.15) is 25.5 Å². The molecule has 0 saturated heterocycles. The molecule has 1 heterocycles. The molecule has 0 aromatic carbocycles. The monoisotopic (exact) mass is 183 g/mol. The molecule has 70 valence electrons. The number of nitrogens with zero attached hydrogens (tertiary/aromatic N) is 1. The smallest absolute Gasteiger partial charge is 0.113 e. The van der Waals surface area contributed by atoms with Gasteiger partial charge in [-0.05, 0) is 42.4 Å². The van der Waals surface area contributed by atoms with Crippen molar-refractivity contribution in [2.45, 2.75) is 19.8 Å². The fourth-order valence-electron chi connectivity index (χ4n) is 1.58. The van der Waals surface area contributed by atoms with Crippen LogP contribution in [0.5, 0.6) is 0 Å². The lowest BCUT2D eigenvalue weighted by Gasteiger charge is -1.89. The molecule has 0 amide bonds. The van der Waals surface area contributed by atoms with Gasteiger partial charge in [0.1, 0.15) is 5.69 Å². The van der Waals surface area contributed by atoms with Crippen molar-refractivity contribution < 1.29 is 0 Å². The molecular formula is C13H13N. The van der Waals surface area contributed by atoms with Crippen LogP contribution in [-0.4, -0.2) is 4.98 Å². The molecule has 0 fully saturated rings. The average Bonchev–Trinajstić information content (AvgIpc) is 2.63. The first kappa shape index (κ1) is 9.02. The largest absolute Gasteiger partial charge is 0.248 e. The fourth-order valence-corrected chi connectivity index (χ4v) is 1.58. The summed E-state index contributed by atoms with van der Waals surface area (Å²) in [6.07, 6.45) is 6.40. The number of rotatable bonds is 0. The molecule has 0 spiro atoms. The lowest BCUT2D eigenvalue weighted by Crippen LogP contribution is -1.78. The summed E-state index contributed by atoms with van der Waals surface area (Å²) in [6.45, 7) is 2.23. The van der Waals surface area contributed by atoms with E-state index in [0.29, 0.717) is 5.92 Å². The maximum atomic E-state index is 4.16. The predicted molar refractivity (Wildman–Crippen MR) is 57.6 cm³/mol. The minimum absolute atomic E-state index is 0.697. The summed E-state index contributed by atoms with van der Waals surface area (Å²) in [5, 5.41) is 0. The van der Waals surface area contributed by atoms with Crippen molar-refractivity contribution in [1.29, 1.82) is 0 Å². The molecule has 14 heavy (non-hydrogen) atoms. The highest BCUT2D eigenvalue weighted by molar-refractivity contribution is 5.38. The second kappa shape index (κ2) is 4.11. The molecule has 1 atom stereocenters. The van der Waals surface area contributed by atoms with Gasteiger partial charge in [-0.15, -0.1) is 0 Å². The van der Waals surface area contributed by atoms with E-state index in [1.165, 1.54) is 12.0 Å². The molecule has 0 radical (unpaired) electrons. The van der Waals surface area contributed by atoms with Gasteiger partial charge in [0.15, 0.2) is 0 Å². The lowest BCUT2D eigenvalue weighted by molar-refractivity contribution is 0.700. The lowest BCUT2D eigenvalue weighted by atomic mass is 10.2. The van der Waals surface area contributed by atoms with E-state index in [4.69, 9.17) is 0 Å². The van der Waals surface area contributed by atoms with E-state index < -0.39 is 0 Å². The van der Waals surface area contributed by atoms with Crippen molar-refractivity contribution in [1.82, 2.24) is 4.98 Å². The summed E-state index contributed by atoms with van der Waals surface area (Å²) in [6, 6.07) is 5.80. The van der Waals surface area contributed by atoms with Crippen LogP contribution in [-0.2, 0) is 0 Å². The first-order valence-corrected chi connectivity index (χ1v) is 4.98. The summed E-state index contributed by atoms with van der Waals surface area (Å²) in [5.41, 5.74) is 2.12. The molecule has 0 bridgehead atoms. The van der Waals surface area contributed by atoms with Crippen molar-refractivity contribution in [2.24, 2.45) is 5.92 Å².